The van der Waals surface area contributed by atoms with Gasteiger partial charge in [0.2, 0.25) is 5.91 Å². The summed E-state index contributed by atoms with van der Waals surface area (Å²) in [6, 6.07) is -0.572. The number of nitrogens with zero attached hydrogens (tertiary/aromatic N) is 1. The summed E-state index contributed by atoms with van der Waals surface area (Å²) in [7, 11) is 0. The van der Waals surface area contributed by atoms with Gasteiger partial charge >= 0.3 is 5.97 Å². The Morgan fingerprint density at radius 1 is 1.60 bits per heavy atom. The van der Waals surface area contributed by atoms with E-state index < -0.39 is 18.1 Å². The van der Waals surface area contributed by atoms with Crippen LogP contribution in [-0.4, -0.2) is 52.0 Å². The normalized spacial score (nSPS) is 30.1. The molecule has 1 N–H and O–H groups in total. The highest BCUT2D eigenvalue weighted by Crippen LogP contribution is 2.47. The van der Waals surface area contributed by atoms with E-state index in [-0.39, 0.29) is 16.7 Å². The molecule has 0 unspecified atom stereocenters. The van der Waals surface area contributed by atoms with Crippen molar-refractivity contribution in [2.75, 3.05) is 12.3 Å². The number of carbonyl (C=O) groups excluding carboxylic acids is 3. The lowest BCUT2D eigenvalue weighted by atomic mass is 10.2. The number of ether oxygens (including phenoxy) is 1. The quantitative estimate of drug-likeness (QED) is 0.766. The lowest BCUT2D eigenvalue weighted by Crippen LogP contribution is -2.48. The topological polar surface area (TPSA) is 75.7 Å². The number of carbonyl (C=O) groups is 3. The Balaban J connectivity index is 2.00. The first-order chi connectivity index (χ1) is 9.39. The maximum atomic E-state index is 12.2. The summed E-state index contributed by atoms with van der Waals surface area (Å²) in [5.41, 5.74) is 0. The van der Waals surface area contributed by atoms with E-state index >= 15 is 0 Å². The maximum Gasteiger partial charge on any atom is 0.330 e. The van der Waals surface area contributed by atoms with E-state index in [1.165, 1.54) is 6.92 Å². The van der Waals surface area contributed by atoms with Crippen LogP contribution in [0.15, 0.2) is 0 Å². The number of hydrogen-bond donors (Lipinski definition) is 1. The molecule has 2 saturated heterocycles. The average molecular weight is 300 g/mol. The van der Waals surface area contributed by atoms with Gasteiger partial charge in [0.25, 0.3) is 5.91 Å². The minimum Gasteiger partial charge on any atom is -0.451 e. The standard InChI is InChI=1S/C13H20N2O4S/c1-4-14-11(17)8(2)19-12(18)9-7-20-13(3)6-5-10(16)15(9)13/h8-9H,4-7H2,1-3H3,(H,14,17)/t8-,9-,13+/m1/s1. The summed E-state index contributed by atoms with van der Waals surface area (Å²) in [5.74, 6) is -0.286. The number of fused-ring (bicyclic) bond motifs is 1. The maximum absolute atomic E-state index is 12.2. The molecule has 0 aromatic heterocycles. The van der Waals surface area contributed by atoms with Crippen molar-refractivity contribution in [1.29, 1.82) is 0 Å². The monoisotopic (exact) mass is 300 g/mol. The van der Waals surface area contributed by atoms with Gasteiger partial charge in [-0.2, -0.15) is 0 Å². The van der Waals surface area contributed by atoms with Crippen molar-refractivity contribution >= 4 is 29.5 Å². The molecule has 2 heterocycles. The highest BCUT2D eigenvalue weighted by atomic mass is 32.2. The van der Waals surface area contributed by atoms with Gasteiger partial charge in [-0.25, -0.2) is 4.79 Å². The number of rotatable bonds is 4. The third kappa shape index (κ3) is 2.63. The van der Waals surface area contributed by atoms with Crippen molar-refractivity contribution in [2.45, 2.75) is 50.6 Å². The molecule has 0 spiro atoms. The summed E-state index contributed by atoms with van der Waals surface area (Å²) < 4.78 is 5.19. The van der Waals surface area contributed by atoms with Crippen LogP contribution in [0.4, 0.5) is 0 Å². The zero-order valence-electron chi connectivity index (χ0n) is 12.0. The molecule has 2 aliphatic rings. The summed E-state index contributed by atoms with van der Waals surface area (Å²) >= 11 is 1.60. The van der Waals surface area contributed by atoms with Crippen molar-refractivity contribution in [3.63, 3.8) is 0 Å². The molecule has 0 saturated carbocycles. The van der Waals surface area contributed by atoms with Crippen LogP contribution in [0, 0.1) is 0 Å². The van der Waals surface area contributed by atoms with Crippen molar-refractivity contribution in [3.05, 3.63) is 0 Å². The molecule has 2 rings (SSSR count). The number of likely N-dealkylation sites (N-methyl/N-ethyl adjacent to an activating group) is 1. The summed E-state index contributed by atoms with van der Waals surface area (Å²) in [5, 5.41) is 2.60. The Labute approximate surface area is 122 Å². The predicted octanol–water partition coefficient (Wildman–Crippen LogP) is 0.508. The number of hydrogen-bond acceptors (Lipinski definition) is 5. The molecule has 112 valence electrons. The number of nitrogens with one attached hydrogen (secondary N) is 1. The van der Waals surface area contributed by atoms with Gasteiger partial charge in [0.1, 0.15) is 6.04 Å². The summed E-state index contributed by atoms with van der Waals surface area (Å²) in [6.45, 7) is 5.80. The fourth-order valence-corrected chi connectivity index (χ4v) is 4.04. The fourth-order valence-electron chi connectivity index (χ4n) is 2.62. The Bertz CT molecular complexity index is 442. The minimum absolute atomic E-state index is 0.00915. The fraction of sp³-hybridized carbons (Fsp3) is 0.769. The second-order valence-electron chi connectivity index (χ2n) is 5.24. The van der Waals surface area contributed by atoms with Crippen LogP contribution in [0.2, 0.25) is 0 Å². The second kappa shape index (κ2) is 5.63. The van der Waals surface area contributed by atoms with E-state index in [4.69, 9.17) is 4.74 Å². The van der Waals surface area contributed by atoms with Crippen molar-refractivity contribution in [1.82, 2.24) is 10.2 Å². The predicted molar refractivity (Wildman–Crippen MR) is 75.0 cm³/mol. The number of amides is 2. The van der Waals surface area contributed by atoms with Crippen LogP contribution < -0.4 is 5.32 Å². The molecule has 20 heavy (non-hydrogen) atoms. The van der Waals surface area contributed by atoms with Gasteiger partial charge in [0.15, 0.2) is 6.10 Å². The molecule has 2 fully saturated rings. The molecular formula is C13H20N2O4S. The lowest BCUT2D eigenvalue weighted by molar-refractivity contribution is -0.161. The molecule has 0 radical (unpaired) electrons. The van der Waals surface area contributed by atoms with Crippen LogP contribution in [0.25, 0.3) is 0 Å². The molecule has 3 atom stereocenters. The van der Waals surface area contributed by atoms with Crippen LogP contribution in [0.1, 0.15) is 33.6 Å². The van der Waals surface area contributed by atoms with Crippen LogP contribution in [-0.2, 0) is 19.1 Å². The van der Waals surface area contributed by atoms with E-state index in [1.54, 1.807) is 23.6 Å². The van der Waals surface area contributed by atoms with Gasteiger partial charge in [-0.1, -0.05) is 0 Å². The third-order valence-electron chi connectivity index (χ3n) is 3.73. The Morgan fingerprint density at radius 3 is 2.95 bits per heavy atom. The van der Waals surface area contributed by atoms with E-state index in [2.05, 4.69) is 5.32 Å². The molecule has 6 nitrogen and oxygen atoms in total. The zero-order valence-corrected chi connectivity index (χ0v) is 12.8. The second-order valence-corrected chi connectivity index (χ2v) is 6.74. The summed E-state index contributed by atoms with van der Waals surface area (Å²) in [4.78, 5) is 37.0. The van der Waals surface area contributed by atoms with Crippen molar-refractivity contribution < 1.29 is 19.1 Å². The Morgan fingerprint density at radius 2 is 2.30 bits per heavy atom. The largest absolute Gasteiger partial charge is 0.451 e. The highest BCUT2D eigenvalue weighted by Gasteiger charge is 2.53. The first-order valence-corrected chi connectivity index (χ1v) is 7.82. The summed E-state index contributed by atoms with van der Waals surface area (Å²) in [6.07, 6.45) is 0.391. The van der Waals surface area contributed by atoms with Crippen LogP contribution in [0.5, 0.6) is 0 Å². The molecule has 2 aliphatic heterocycles. The van der Waals surface area contributed by atoms with Crippen LogP contribution >= 0.6 is 11.8 Å². The molecule has 7 heteroatoms. The van der Waals surface area contributed by atoms with Crippen molar-refractivity contribution in [3.8, 4) is 0 Å². The first-order valence-electron chi connectivity index (χ1n) is 6.83. The average Bonchev–Trinajstić information content (AvgIpc) is 2.87. The van der Waals surface area contributed by atoms with Gasteiger partial charge < -0.3 is 15.0 Å². The number of esters is 1. The Hall–Kier alpha value is -1.24. The van der Waals surface area contributed by atoms with Gasteiger partial charge in [-0.3, -0.25) is 9.59 Å². The van der Waals surface area contributed by atoms with Crippen LogP contribution in [0.3, 0.4) is 0 Å². The van der Waals surface area contributed by atoms with Gasteiger partial charge in [-0.15, -0.1) is 11.8 Å². The molecule has 0 bridgehead atoms. The first kappa shape index (κ1) is 15.2. The Kier molecular flexibility index (Phi) is 4.27. The molecule has 0 aromatic carbocycles. The zero-order chi connectivity index (χ0) is 14.9. The van der Waals surface area contributed by atoms with E-state index in [0.29, 0.717) is 18.7 Å². The highest BCUT2D eigenvalue weighted by molar-refractivity contribution is 8.01. The SMILES string of the molecule is CCNC(=O)[C@@H](C)OC(=O)[C@H]1CS[C@@]2(C)CCC(=O)N12. The molecular weight excluding hydrogens is 280 g/mol. The van der Waals surface area contributed by atoms with E-state index in [1.807, 2.05) is 6.92 Å². The van der Waals surface area contributed by atoms with Crippen molar-refractivity contribution in [2.24, 2.45) is 0 Å². The minimum atomic E-state index is -0.836. The lowest BCUT2D eigenvalue weighted by Gasteiger charge is -2.29. The van der Waals surface area contributed by atoms with E-state index in [0.717, 1.165) is 6.42 Å². The van der Waals surface area contributed by atoms with Gasteiger partial charge in [-0.05, 0) is 27.2 Å². The molecule has 0 aliphatic carbocycles. The smallest absolute Gasteiger partial charge is 0.330 e. The molecule has 0 aromatic rings. The van der Waals surface area contributed by atoms with Gasteiger partial charge in [0.05, 0.1) is 4.87 Å². The number of thioether (sulfide) groups is 1. The third-order valence-corrected chi connectivity index (χ3v) is 5.24. The molecule has 2 amide bonds. The van der Waals surface area contributed by atoms with Gasteiger partial charge in [0, 0.05) is 18.7 Å². The van der Waals surface area contributed by atoms with E-state index in [9.17, 15) is 14.4 Å².